The van der Waals surface area contributed by atoms with E-state index in [0.717, 1.165) is 19.5 Å². The number of nitrogens with two attached hydrogens (primary N) is 2. The van der Waals surface area contributed by atoms with Gasteiger partial charge in [0.2, 0.25) is 5.95 Å². The maximum Gasteiger partial charge on any atom is 0.223 e. The Balaban J connectivity index is 2.09. The van der Waals surface area contributed by atoms with Crippen LogP contribution >= 0.6 is 0 Å². The zero-order chi connectivity index (χ0) is 15.7. The van der Waals surface area contributed by atoms with Gasteiger partial charge in [-0.25, -0.2) is 4.39 Å². The van der Waals surface area contributed by atoms with Crippen molar-refractivity contribution in [1.82, 2.24) is 15.3 Å². The molecule has 0 amide bonds. The van der Waals surface area contributed by atoms with Crippen LogP contribution in [0.25, 0.3) is 11.1 Å². The fourth-order valence-electron chi connectivity index (χ4n) is 2.82. The first-order valence-electron chi connectivity index (χ1n) is 7.19. The number of nitrogens with zero attached hydrogens (tertiary/aromatic N) is 3. The first kappa shape index (κ1) is 14.5. The topological polar surface area (TPSA) is 93.1 Å². The Morgan fingerprint density at radius 3 is 2.82 bits per heavy atom. The molecular formula is C15H19FN6. The van der Waals surface area contributed by atoms with Crippen LogP contribution in [-0.4, -0.2) is 36.1 Å². The van der Waals surface area contributed by atoms with Crippen molar-refractivity contribution in [2.24, 2.45) is 0 Å². The molecule has 22 heavy (non-hydrogen) atoms. The third kappa shape index (κ3) is 2.67. The predicted octanol–water partition coefficient (Wildman–Crippen LogP) is 1.25. The molecule has 116 valence electrons. The lowest BCUT2D eigenvalue weighted by molar-refractivity contribution is 0.616. The molecule has 6 nitrogen and oxygen atoms in total. The number of hydrogen-bond donors (Lipinski definition) is 3. The molecule has 1 aliphatic heterocycles. The summed E-state index contributed by atoms with van der Waals surface area (Å²) in [6.07, 6.45) is 1.00. The number of aromatic nitrogens is 2. The summed E-state index contributed by atoms with van der Waals surface area (Å²) < 4.78 is 13.6. The van der Waals surface area contributed by atoms with E-state index < -0.39 is 0 Å². The van der Waals surface area contributed by atoms with Gasteiger partial charge in [-0.05, 0) is 31.2 Å². The Bertz CT molecular complexity index is 690. The predicted molar refractivity (Wildman–Crippen MR) is 85.9 cm³/mol. The van der Waals surface area contributed by atoms with Gasteiger partial charge in [-0.15, -0.1) is 0 Å². The van der Waals surface area contributed by atoms with E-state index in [2.05, 4.69) is 20.2 Å². The SMILES string of the molecule is CN[C@@H]1CCN(c2nc(N)nc(N)c2-c2cccc(F)c2)C1. The molecule has 1 aromatic carbocycles. The number of halogens is 1. The number of likely N-dealkylation sites (N-methyl/N-ethyl adjacent to an activating group) is 1. The molecule has 2 heterocycles. The maximum atomic E-state index is 13.6. The summed E-state index contributed by atoms with van der Waals surface area (Å²) in [5.41, 5.74) is 13.1. The molecule has 1 aromatic heterocycles. The summed E-state index contributed by atoms with van der Waals surface area (Å²) in [5.74, 6) is 0.726. The minimum absolute atomic E-state index is 0.126. The van der Waals surface area contributed by atoms with Crippen LogP contribution in [0.2, 0.25) is 0 Å². The van der Waals surface area contributed by atoms with Gasteiger partial charge in [-0.3, -0.25) is 0 Å². The standard InChI is InChI=1S/C15H19FN6/c1-19-11-5-6-22(8-11)14-12(13(17)20-15(18)21-14)9-3-2-4-10(16)7-9/h2-4,7,11,19H,5-6,8H2,1H3,(H4,17,18,20,21)/t11-/m1/s1. The minimum atomic E-state index is -0.325. The molecule has 1 saturated heterocycles. The van der Waals surface area contributed by atoms with E-state index >= 15 is 0 Å². The van der Waals surface area contributed by atoms with Crippen LogP contribution in [0.3, 0.4) is 0 Å². The van der Waals surface area contributed by atoms with Crippen molar-refractivity contribution >= 4 is 17.6 Å². The summed E-state index contributed by atoms with van der Waals surface area (Å²) in [7, 11) is 1.93. The molecule has 3 rings (SSSR count). The maximum absolute atomic E-state index is 13.6. The summed E-state index contributed by atoms with van der Waals surface area (Å²) in [5, 5.41) is 3.25. The number of nitrogens with one attached hydrogen (secondary N) is 1. The second-order valence-corrected chi connectivity index (χ2v) is 5.40. The molecular weight excluding hydrogens is 283 g/mol. The van der Waals surface area contributed by atoms with Crippen LogP contribution < -0.4 is 21.7 Å². The van der Waals surface area contributed by atoms with E-state index in [-0.39, 0.29) is 17.6 Å². The number of hydrogen-bond acceptors (Lipinski definition) is 6. The van der Waals surface area contributed by atoms with Gasteiger partial charge in [0.1, 0.15) is 17.5 Å². The summed E-state index contributed by atoms with van der Waals surface area (Å²) >= 11 is 0. The van der Waals surface area contributed by atoms with Gasteiger partial charge >= 0.3 is 0 Å². The third-order valence-corrected chi connectivity index (χ3v) is 3.94. The van der Waals surface area contributed by atoms with E-state index in [1.165, 1.54) is 12.1 Å². The van der Waals surface area contributed by atoms with Gasteiger partial charge in [-0.1, -0.05) is 12.1 Å². The first-order valence-corrected chi connectivity index (χ1v) is 7.19. The van der Waals surface area contributed by atoms with Crippen molar-refractivity contribution in [3.63, 3.8) is 0 Å². The van der Waals surface area contributed by atoms with Gasteiger partial charge in [0.15, 0.2) is 0 Å². The highest BCUT2D eigenvalue weighted by Crippen LogP contribution is 2.35. The van der Waals surface area contributed by atoms with E-state index in [4.69, 9.17) is 11.5 Å². The average Bonchev–Trinajstić information content (AvgIpc) is 2.95. The Kier molecular flexibility index (Phi) is 3.81. The molecule has 1 fully saturated rings. The smallest absolute Gasteiger partial charge is 0.223 e. The van der Waals surface area contributed by atoms with Crippen LogP contribution in [0.1, 0.15) is 6.42 Å². The van der Waals surface area contributed by atoms with Crippen molar-refractivity contribution < 1.29 is 4.39 Å². The Hall–Kier alpha value is -2.41. The summed E-state index contributed by atoms with van der Waals surface area (Å²) in [6.45, 7) is 1.64. The Morgan fingerprint density at radius 1 is 1.32 bits per heavy atom. The van der Waals surface area contributed by atoms with E-state index in [0.29, 0.717) is 23.0 Å². The van der Waals surface area contributed by atoms with Crippen molar-refractivity contribution in [3.8, 4) is 11.1 Å². The van der Waals surface area contributed by atoms with E-state index in [1.54, 1.807) is 12.1 Å². The normalized spacial score (nSPS) is 17.9. The van der Waals surface area contributed by atoms with Crippen molar-refractivity contribution in [2.45, 2.75) is 12.5 Å². The van der Waals surface area contributed by atoms with Gasteiger partial charge in [0, 0.05) is 19.1 Å². The average molecular weight is 302 g/mol. The zero-order valence-corrected chi connectivity index (χ0v) is 12.4. The highest BCUT2D eigenvalue weighted by atomic mass is 19.1. The summed E-state index contributed by atoms with van der Waals surface area (Å²) in [6, 6.07) is 6.65. The molecule has 1 aliphatic rings. The lowest BCUT2D eigenvalue weighted by Crippen LogP contribution is -2.30. The van der Waals surface area contributed by atoms with Crippen molar-refractivity contribution in [2.75, 3.05) is 36.5 Å². The second-order valence-electron chi connectivity index (χ2n) is 5.40. The zero-order valence-electron chi connectivity index (χ0n) is 12.4. The van der Waals surface area contributed by atoms with Gasteiger partial charge in [-0.2, -0.15) is 9.97 Å². The van der Waals surface area contributed by atoms with Crippen LogP contribution in [0.15, 0.2) is 24.3 Å². The molecule has 2 aromatic rings. The highest BCUT2D eigenvalue weighted by molar-refractivity contribution is 5.85. The second kappa shape index (κ2) is 5.76. The van der Waals surface area contributed by atoms with Crippen LogP contribution in [0.4, 0.5) is 22.0 Å². The van der Waals surface area contributed by atoms with Crippen molar-refractivity contribution in [3.05, 3.63) is 30.1 Å². The number of rotatable bonds is 3. The molecule has 5 N–H and O–H groups in total. The monoisotopic (exact) mass is 302 g/mol. The molecule has 7 heteroatoms. The lowest BCUT2D eigenvalue weighted by atomic mass is 10.1. The quantitative estimate of drug-likeness (QED) is 0.790. The van der Waals surface area contributed by atoms with E-state index in [9.17, 15) is 4.39 Å². The largest absolute Gasteiger partial charge is 0.383 e. The molecule has 0 spiro atoms. The van der Waals surface area contributed by atoms with E-state index in [1.807, 2.05) is 7.05 Å². The molecule has 0 bridgehead atoms. The lowest BCUT2D eigenvalue weighted by Gasteiger charge is -2.22. The molecule has 0 radical (unpaired) electrons. The van der Waals surface area contributed by atoms with Crippen LogP contribution in [0.5, 0.6) is 0 Å². The molecule has 1 atom stereocenters. The number of benzene rings is 1. The van der Waals surface area contributed by atoms with Gasteiger partial charge in [0.25, 0.3) is 0 Å². The van der Waals surface area contributed by atoms with Gasteiger partial charge in [0.05, 0.1) is 5.56 Å². The summed E-state index contributed by atoms with van der Waals surface area (Å²) in [4.78, 5) is 10.5. The number of anilines is 3. The van der Waals surface area contributed by atoms with Crippen LogP contribution in [-0.2, 0) is 0 Å². The molecule has 0 aliphatic carbocycles. The van der Waals surface area contributed by atoms with Crippen LogP contribution in [0, 0.1) is 5.82 Å². The fourth-order valence-corrected chi connectivity index (χ4v) is 2.82. The highest BCUT2D eigenvalue weighted by Gasteiger charge is 2.26. The fraction of sp³-hybridized carbons (Fsp3) is 0.333. The minimum Gasteiger partial charge on any atom is -0.383 e. The molecule has 0 unspecified atom stereocenters. The Labute approximate surface area is 128 Å². The first-order chi connectivity index (χ1) is 10.6. The molecule has 0 saturated carbocycles. The number of nitrogen functional groups attached to an aromatic ring is 2. The third-order valence-electron chi connectivity index (χ3n) is 3.94. The Morgan fingerprint density at radius 2 is 2.14 bits per heavy atom. The van der Waals surface area contributed by atoms with Crippen molar-refractivity contribution in [1.29, 1.82) is 0 Å². The van der Waals surface area contributed by atoms with Gasteiger partial charge < -0.3 is 21.7 Å².